The highest BCUT2D eigenvalue weighted by Gasteiger charge is 2.30. The van der Waals surface area contributed by atoms with E-state index in [1.165, 1.54) is 0 Å². The highest BCUT2D eigenvalue weighted by molar-refractivity contribution is 5.96. The van der Waals surface area contributed by atoms with Gasteiger partial charge in [0.05, 0.1) is 12.1 Å². The summed E-state index contributed by atoms with van der Waals surface area (Å²) in [4.78, 5) is 25.7. The van der Waals surface area contributed by atoms with Crippen LogP contribution in [-0.4, -0.2) is 49.4 Å². The lowest BCUT2D eigenvalue weighted by Crippen LogP contribution is -2.47. The third-order valence-electron chi connectivity index (χ3n) is 4.12. The first-order chi connectivity index (χ1) is 11.3. The van der Waals surface area contributed by atoms with Crippen LogP contribution in [0.25, 0.3) is 0 Å². The molecular formula is C16H21ClF3N3O2. The quantitative estimate of drug-likeness (QED) is 0.842. The van der Waals surface area contributed by atoms with Crippen LogP contribution in [0.2, 0.25) is 0 Å². The van der Waals surface area contributed by atoms with Gasteiger partial charge in [-0.05, 0) is 50.2 Å². The Morgan fingerprint density at radius 3 is 2.28 bits per heavy atom. The fourth-order valence-electron chi connectivity index (χ4n) is 2.59. The molecule has 5 nitrogen and oxygen atoms in total. The van der Waals surface area contributed by atoms with Gasteiger partial charge in [-0.1, -0.05) is 0 Å². The van der Waals surface area contributed by atoms with Gasteiger partial charge in [-0.3, -0.25) is 9.59 Å². The van der Waals surface area contributed by atoms with Gasteiger partial charge in [0.1, 0.15) is 0 Å². The van der Waals surface area contributed by atoms with Crippen molar-refractivity contribution in [1.82, 2.24) is 15.5 Å². The van der Waals surface area contributed by atoms with Crippen molar-refractivity contribution in [2.75, 3.05) is 26.7 Å². The topological polar surface area (TPSA) is 61.4 Å². The molecule has 1 aliphatic rings. The largest absolute Gasteiger partial charge is 0.416 e. The SMILES string of the molecule is CN(C(=O)CNC(=O)c1ccc(C(F)(F)F)cc1)C1CCNCC1.Cl. The van der Waals surface area contributed by atoms with E-state index in [1.807, 2.05) is 0 Å². The molecule has 1 saturated heterocycles. The van der Waals surface area contributed by atoms with Crippen LogP contribution >= 0.6 is 12.4 Å². The minimum atomic E-state index is -4.44. The first-order valence-electron chi connectivity index (χ1n) is 7.71. The molecule has 1 aromatic carbocycles. The number of amides is 2. The summed E-state index contributed by atoms with van der Waals surface area (Å²) in [5, 5.41) is 5.66. The zero-order valence-electron chi connectivity index (χ0n) is 13.7. The molecule has 0 aliphatic carbocycles. The summed E-state index contributed by atoms with van der Waals surface area (Å²) in [7, 11) is 1.70. The number of hydrogen-bond donors (Lipinski definition) is 2. The summed E-state index contributed by atoms with van der Waals surface area (Å²) >= 11 is 0. The van der Waals surface area contributed by atoms with E-state index < -0.39 is 17.6 Å². The first-order valence-corrected chi connectivity index (χ1v) is 7.71. The second kappa shape index (κ2) is 9.05. The van der Waals surface area contributed by atoms with Crippen molar-refractivity contribution in [3.8, 4) is 0 Å². The van der Waals surface area contributed by atoms with Gasteiger partial charge in [-0.15, -0.1) is 12.4 Å². The van der Waals surface area contributed by atoms with Gasteiger partial charge in [0.2, 0.25) is 5.91 Å². The van der Waals surface area contributed by atoms with Gasteiger partial charge in [0.25, 0.3) is 5.91 Å². The predicted molar refractivity (Wildman–Crippen MR) is 89.7 cm³/mol. The lowest BCUT2D eigenvalue weighted by atomic mass is 10.1. The van der Waals surface area contributed by atoms with E-state index in [1.54, 1.807) is 11.9 Å². The van der Waals surface area contributed by atoms with Crippen LogP contribution in [0.5, 0.6) is 0 Å². The third kappa shape index (κ3) is 5.89. The van der Waals surface area contributed by atoms with Crippen molar-refractivity contribution in [3.05, 3.63) is 35.4 Å². The maximum Gasteiger partial charge on any atom is 0.416 e. The summed E-state index contributed by atoms with van der Waals surface area (Å²) < 4.78 is 37.5. The summed E-state index contributed by atoms with van der Waals surface area (Å²) in [6, 6.07) is 4.02. The van der Waals surface area contributed by atoms with Gasteiger partial charge >= 0.3 is 6.18 Å². The Bertz CT molecular complexity index is 587. The van der Waals surface area contributed by atoms with E-state index in [9.17, 15) is 22.8 Å². The molecule has 1 aromatic rings. The number of carbonyl (C=O) groups excluding carboxylic acids is 2. The second-order valence-corrected chi connectivity index (χ2v) is 5.74. The van der Waals surface area contributed by atoms with Crippen LogP contribution in [0.4, 0.5) is 13.2 Å². The molecule has 0 aromatic heterocycles. The number of carbonyl (C=O) groups is 2. The molecule has 0 spiro atoms. The number of nitrogens with zero attached hydrogens (tertiary/aromatic N) is 1. The van der Waals surface area contributed by atoms with E-state index in [0.29, 0.717) is 0 Å². The van der Waals surface area contributed by atoms with Gasteiger partial charge in [0, 0.05) is 18.7 Å². The number of hydrogen-bond acceptors (Lipinski definition) is 3. The maximum atomic E-state index is 12.5. The lowest BCUT2D eigenvalue weighted by molar-refractivity contribution is -0.137. The minimum Gasteiger partial charge on any atom is -0.343 e. The summed E-state index contributed by atoms with van der Waals surface area (Å²) in [5.41, 5.74) is -0.735. The smallest absolute Gasteiger partial charge is 0.343 e. The second-order valence-electron chi connectivity index (χ2n) is 5.74. The van der Waals surface area contributed by atoms with Gasteiger partial charge < -0.3 is 15.5 Å². The van der Waals surface area contributed by atoms with E-state index in [4.69, 9.17) is 0 Å². The number of piperidine rings is 1. The third-order valence-corrected chi connectivity index (χ3v) is 4.12. The predicted octanol–water partition coefficient (Wildman–Crippen LogP) is 2.07. The Kier molecular flexibility index (Phi) is 7.69. The first kappa shape index (κ1) is 21.2. The maximum absolute atomic E-state index is 12.5. The Labute approximate surface area is 150 Å². The Hall–Kier alpha value is -1.80. The fraction of sp³-hybridized carbons (Fsp3) is 0.500. The van der Waals surface area contributed by atoms with Crippen LogP contribution in [0.1, 0.15) is 28.8 Å². The number of halogens is 4. The Morgan fingerprint density at radius 1 is 1.20 bits per heavy atom. The van der Waals surface area contributed by atoms with Crippen molar-refractivity contribution in [3.63, 3.8) is 0 Å². The normalized spacial score (nSPS) is 15.2. The Morgan fingerprint density at radius 2 is 1.76 bits per heavy atom. The molecule has 1 heterocycles. The zero-order valence-corrected chi connectivity index (χ0v) is 14.5. The molecule has 2 rings (SSSR count). The number of rotatable bonds is 4. The van der Waals surface area contributed by atoms with Crippen molar-refractivity contribution in [2.45, 2.75) is 25.1 Å². The standard InChI is InChI=1S/C16H20F3N3O2.ClH/c1-22(13-6-8-20-9-7-13)14(23)10-21-15(24)11-2-4-12(5-3-11)16(17,18)19;/h2-5,13,20H,6-10H2,1H3,(H,21,24);1H. The van der Waals surface area contributed by atoms with Crippen molar-refractivity contribution in [2.24, 2.45) is 0 Å². The molecule has 1 aliphatic heterocycles. The van der Waals surface area contributed by atoms with Crippen LogP contribution in [-0.2, 0) is 11.0 Å². The van der Waals surface area contributed by atoms with E-state index >= 15 is 0 Å². The number of alkyl halides is 3. The molecule has 2 amide bonds. The molecule has 0 saturated carbocycles. The van der Waals surface area contributed by atoms with Gasteiger partial charge in [0.15, 0.2) is 0 Å². The minimum absolute atomic E-state index is 0. The van der Waals surface area contributed by atoms with Crippen molar-refractivity contribution in [1.29, 1.82) is 0 Å². The van der Waals surface area contributed by atoms with E-state index in [0.717, 1.165) is 50.2 Å². The highest BCUT2D eigenvalue weighted by atomic mass is 35.5. The van der Waals surface area contributed by atoms with Crippen LogP contribution in [0.15, 0.2) is 24.3 Å². The fourth-order valence-corrected chi connectivity index (χ4v) is 2.59. The van der Waals surface area contributed by atoms with Gasteiger partial charge in [-0.2, -0.15) is 13.2 Å². The summed E-state index contributed by atoms with van der Waals surface area (Å²) in [6.07, 6.45) is -2.73. The Balaban J connectivity index is 0.00000312. The monoisotopic (exact) mass is 379 g/mol. The summed E-state index contributed by atoms with van der Waals surface area (Å²) in [5.74, 6) is -0.794. The average Bonchev–Trinajstić information content (AvgIpc) is 2.58. The molecule has 25 heavy (non-hydrogen) atoms. The number of benzene rings is 1. The molecule has 0 atom stereocenters. The molecular weight excluding hydrogens is 359 g/mol. The summed E-state index contributed by atoms with van der Waals surface area (Å²) in [6.45, 7) is 1.51. The highest BCUT2D eigenvalue weighted by Crippen LogP contribution is 2.29. The van der Waals surface area contributed by atoms with Crippen LogP contribution in [0, 0.1) is 0 Å². The average molecular weight is 380 g/mol. The van der Waals surface area contributed by atoms with E-state index in [2.05, 4.69) is 10.6 Å². The molecule has 0 radical (unpaired) electrons. The van der Waals surface area contributed by atoms with Crippen molar-refractivity contribution < 1.29 is 22.8 Å². The molecule has 0 unspecified atom stereocenters. The lowest BCUT2D eigenvalue weighted by Gasteiger charge is -2.31. The van der Waals surface area contributed by atoms with Crippen molar-refractivity contribution >= 4 is 24.2 Å². The molecule has 140 valence electrons. The van der Waals surface area contributed by atoms with E-state index in [-0.39, 0.29) is 36.5 Å². The number of likely N-dealkylation sites (N-methyl/N-ethyl adjacent to an activating group) is 1. The molecule has 0 bridgehead atoms. The molecule has 1 fully saturated rings. The molecule has 9 heteroatoms. The van der Waals surface area contributed by atoms with Crippen LogP contribution in [0.3, 0.4) is 0 Å². The van der Waals surface area contributed by atoms with Crippen LogP contribution < -0.4 is 10.6 Å². The molecule has 2 N–H and O–H groups in total. The zero-order chi connectivity index (χ0) is 17.7. The number of nitrogens with one attached hydrogen (secondary N) is 2. The van der Waals surface area contributed by atoms with Gasteiger partial charge in [-0.25, -0.2) is 0 Å².